The highest BCUT2D eigenvalue weighted by atomic mass is 35.5. The average molecular weight is 313 g/mol. The zero-order chi connectivity index (χ0) is 14.7. The Balaban J connectivity index is 0.00000220. The lowest BCUT2D eigenvalue weighted by Crippen LogP contribution is -2.43. The summed E-state index contributed by atoms with van der Waals surface area (Å²) in [6.07, 6.45) is 2.33. The van der Waals surface area contributed by atoms with Gasteiger partial charge >= 0.3 is 0 Å². The second-order valence-corrected chi connectivity index (χ2v) is 5.76. The van der Waals surface area contributed by atoms with Crippen LogP contribution in [0.15, 0.2) is 12.1 Å². The predicted molar refractivity (Wildman–Crippen MR) is 87.1 cm³/mol. The molecule has 1 atom stereocenters. The largest absolute Gasteiger partial charge is 0.483 e. The van der Waals surface area contributed by atoms with E-state index in [4.69, 9.17) is 10.5 Å². The number of ether oxygens (including phenoxy) is 1. The number of nitrogens with one attached hydrogen (secondary N) is 1. The molecule has 0 saturated heterocycles. The average Bonchev–Trinajstić information content (AvgIpc) is 3.18. The van der Waals surface area contributed by atoms with Crippen molar-refractivity contribution in [2.75, 3.05) is 13.2 Å². The number of benzene rings is 1. The molecule has 21 heavy (non-hydrogen) atoms. The molecule has 0 bridgehead atoms. The van der Waals surface area contributed by atoms with E-state index in [2.05, 4.69) is 24.4 Å². The van der Waals surface area contributed by atoms with E-state index in [0.29, 0.717) is 12.5 Å². The summed E-state index contributed by atoms with van der Waals surface area (Å²) in [6.45, 7) is 6.60. The van der Waals surface area contributed by atoms with Gasteiger partial charge in [-0.2, -0.15) is 0 Å². The molecule has 1 unspecified atom stereocenters. The first-order valence-electron chi connectivity index (χ1n) is 7.21. The van der Waals surface area contributed by atoms with E-state index in [0.717, 1.165) is 16.9 Å². The van der Waals surface area contributed by atoms with Crippen molar-refractivity contribution in [1.82, 2.24) is 5.32 Å². The minimum Gasteiger partial charge on any atom is -0.483 e. The molecule has 0 aromatic heterocycles. The van der Waals surface area contributed by atoms with Crippen molar-refractivity contribution in [3.8, 4) is 5.75 Å². The molecule has 5 heteroatoms. The van der Waals surface area contributed by atoms with Crippen LogP contribution in [0.5, 0.6) is 5.75 Å². The van der Waals surface area contributed by atoms with Crippen molar-refractivity contribution in [1.29, 1.82) is 0 Å². The minimum atomic E-state index is -0.0910. The van der Waals surface area contributed by atoms with Crippen molar-refractivity contribution in [2.45, 2.75) is 39.7 Å². The van der Waals surface area contributed by atoms with Crippen molar-refractivity contribution in [3.63, 3.8) is 0 Å². The van der Waals surface area contributed by atoms with Crippen LogP contribution < -0.4 is 15.8 Å². The molecule has 4 nitrogen and oxygen atoms in total. The smallest absolute Gasteiger partial charge is 0.258 e. The van der Waals surface area contributed by atoms with Gasteiger partial charge in [-0.15, -0.1) is 12.4 Å². The molecule has 3 N–H and O–H groups in total. The number of hydrogen-bond acceptors (Lipinski definition) is 3. The maximum Gasteiger partial charge on any atom is 0.258 e. The van der Waals surface area contributed by atoms with E-state index >= 15 is 0 Å². The first kappa shape index (κ1) is 17.8. The minimum absolute atomic E-state index is 0. The Labute approximate surface area is 132 Å². The van der Waals surface area contributed by atoms with E-state index in [1.54, 1.807) is 0 Å². The van der Waals surface area contributed by atoms with Crippen LogP contribution in [0.4, 0.5) is 0 Å². The van der Waals surface area contributed by atoms with Gasteiger partial charge in [-0.1, -0.05) is 17.7 Å². The third-order valence-corrected chi connectivity index (χ3v) is 3.74. The van der Waals surface area contributed by atoms with Crippen molar-refractivity contribution < 1.29 is 9.53 Å². The predicted octanol–water partition coefficient (Wildman–Crippen LogP) is 2.27. The Morgan fingerprint density at radius 1 is 1.33 bits per heavy atom. The first-order valence-corrected chi connectivity index (χ1v) is 7.21. The Hall–Kier alpha value is -1.26. The molecule has 1 fully saturated rings. The third kappa shape index (κ3) is 4.90. The molecule has 1 aromatic carbocycles. The van der Waals surface area contributed by atoms with Crippen LogP contribution in [0, 0.1) is 26.7 Å². The van der Waals surface area contributed by atoms with Gasteiger partial charge in [-0.3, -0.25) is 4.79 Å². The highest BCUT2D eigenvalue weighted by molar-refractivity contribution is 5.85. The Bertz CT molecular complexity index is 478. The molecular formula is C16H25ClN2O2. The standard InChI is InChI=1S/C16H24N2O2.ClH/c1-10-6-11(2)16(12(3)7-10)20-9-15(19)18-14(8-17)13-4-5-13;/h6-7,13-14H,4-5,8-9,17H2,1-3H3,(H,18,19);1H. The van der Waals surface area contributed by atoms with Crippen molar-refractivity contribution in [3.05, 3.63) is 28.8 Å². The zero-order valence-corrected chi connectivity index (χ0v) is 13.8. The number of rotatable bonds is 6. The van der Waals surface area contributed by atoms with Crippen LogP contribution in [-0.2, 0) is 4.79 Å². The number of halogens is 1. The molecular weight excluding hydrogens is 288 g/mol. The number of amides is 1. The van der Waals surface area contributed by atoms with Crippen molar-refractivity contribution in [2.24, 2.45) is 11.7 Å². The normalized spacial score (nSPS) is 15.0. The molecule has 0 radical (unpaired) electrons. The highest BCUT2D eigenvalue weighted by Gasteiger charge is 2.31. The monoisotopic (exact) mass is 312 g/mol. The van der Waals surface area contributed by atoms with Crippen LogP contribution >= 0.6 is 12.4 Å². The molecule has 1 saturated carbocycles. The van der Waals surface area contributed by atoms with Crippen LogP contribution in [0.3, 0.4) is 0 Å². The van der Waals surface area contributed by atoms with Crippen LogP contribution in [-0.4, -0.2) is 25.1 Å². The Kier molecular flexibility index (Phi) is 6.49. The molecule has 0 heterocycles. The molecule has 1 amide bonds. The van der Waals surface area contributed by atoms with Gasteiger partial charge in [0.2, 0.25) is 0 Å². The summed E-state index contributed by atoms with van der Waals surface area (Å²) in [5.41, 5.74) is 9.01. The second kappa shape index (κ2) is 7.66. The van der Waals surface area contributed by atoms with Gasteiger partial charge in [-0.25, -0.2) is 0 Å². The number of carbonyl (C=O) groups excluding carboxylic acids is 1. The fraction of sp³-hybridized carbons (Fsp3) is 0.562. The summed E-state index contributed by atoms with van der Waals surface area (Å²) in [5.74, 6) is 1.28. The summed E-state index contributed by atoms with van der Waals surface area (Å²) in [5, 5.41) is 2.96. The molecule has 1 aromatic rings. The maximum absolute atomic E-state index is 11.9. The van der Waals surface area contributed by atoms with E-state index < -0.39 is 0 Å². The van der Waals surface area contributed by atoms with Gasteiger partial charge in [0.15, 0.2) is 6.61 Å². The van der Waals surface area contributed by atoms with Gasteiger partial charge in [0.05, 0.1) is 0 Å². The quantitative estimate of drug-likeness (QED) is 0.847. The summed E-state index contributed by atoms with van der Waals surface area (Å²) in [4.78, 5) is 11.9. The van der Waals surface area contributed by atoms with Gasteiger partial charge in [-0.05, 0) is 50.7 Å². The van der Waals surface area contributed by atoms with Crippen LogP contribution in [0.1, 0.15) is 29.5 Å². The molecule has 2 rings (SSSR count). The summed E-state index contributed by atoms with van der Waals surface area (Å²) < 4.78 is 5.68. The molecule has 0 aliphatic heterocycles. The van der Waals surface area contributed by atoms with Gasteiger partial charge in [0, 0.05) is 12.6 Å². The number of carbonyl (C=O) groups is 1. The number of aryl methyl sites for hydroxylation is 3. The number of hydrogen-bond donors (Lipinski definition) is 2. The molecule has 1 aliphatic rings. The highest BCUT2D eigenvalue weighted by Crippen LogP contribution is 2.32. The Morgan fingerprint density at radius 3 is 2.38 bits per heavy atom. The van der Waals surface area contributed by atoms with Crippen molar-refractivity contribution >= 4 is 18.3 Å². The Morgan fingerprint density at radius 2 is 1.90 bits per heavy atom. The van der Waals surface area contributed by atoms with E-state index in [9.17, 15) is 4.79 Å². The lowest BCUT2D eigenvalue weighted by molar-refractivity contribution is -0.123. The summed E-state index contributed by atoms with van der Waals surface area (Å²) >= 11 is 0. The van der Waals surface area contributed by atoms with Crippen LogP contribution in [0.25, 0.3) is 0 Å². The number of nitrogens with two attached hydrogens (primary N) is 1. The van der Waals surface area contributed by atoms with Gasteiger partial charge in [0.25, 0.3) is 5.91 Å². The topological polar surface area (TPSA) is 64.3 Å². The fourth-order valence-corrected chi connectivity index (χ4v) is 2.65. The van der Waals surface area contributed by atoms with E-state index in [1.807, 2.05) is 13.8 Å². The van der Waals surface area contributed by atoms with E-state index in [-0.39, 0.29) is 31.0 Å². The first-order chi connectivity index (χ1) is 9.51. The maximum atomic E-state index is 11.9. The molecule has 0 spiro atoms. The fourth-order valence-electron chi connectivity index (χ4n) is 2.65. The van der Waals surface area contributed by atoms with Crippen LogP contribution in [0.2, 0.25) is 0 Å². The van der Waals surface area contributed by atoms with Gasteiger partial charge < -0.3 is 15.8 Å². The summed E-state index contributed by atoms with van der Waals surface area (Å²) in [6, 6.07) is 4.23. The van der Waals surface area contributed by atoms with E-state index in [1.165, 1.54) is 18.4 Å². The van der Waals surface area contributed by atoms with Gasteiger partial charge in [0.1, 0.15) is 5.75 Å². The lowest BCUT2D eigenvalue weighted by atomic mass is 10.1. The zero-order valence-electron chi connectivity index (χ0n) is 12.9. The second-order valence-electron chi connectivity index (χ2n) is 5.76. The third-order valence-electron chi connectivity index (χ3n) is 3.74. The SMILES string of the molecule is Cc1cc(C)c(OCC(=O)NC(CN)C2CC2)c(C)c1.Cl. The molecule has 1 aliphatic carbocycles. The molecule has 118 valence electrons. The summed E-state index contributed by atoms with van der Waals surface area (Å²) in [7, 11) is 0. The lowest BCUT2D eigenvalue weighted by Gasteiger charge is -2.17.